The third-order valence-electron chi connectivity index (χ3n) is 19.9. The average molecular weight is 1480 g/mol. The topological polar surface area (TPSA) is 237 Å². The van der Waals surface area contributed by atoms with Crippen LogP contribution in [0.3, 0.4) is 0 Å². The van der Waals surface area contributed by atoms with Gasteiger partial charge >= 0.3 is 39.5 Å². The van der Waals surface area contributed by atoms with E-state index in [1.807, 2.05) is 0 Å². The standard InChI is InChI=1S/C82H160O17P2/c1-8-11-12-13-14-15-25-35-42-49-56-63-79(84)92-69-78(99-82(87)66-59-52-45-38-31-30-34-41-48-55-62-75(7)10-3)72-97-101(90,91)95-68-76(83)67-94-100(88,89)96-71-77(98-81(86)65-58-51-44-37-29-24-18-16-17-21-26-32-39-46-53-60-73(4)5)70-93-80(85)64-57-50-43-36-28-23-20-19-22-27-33-40-47-54-61-74(6)9-2/h73-78,83H,8-72H2,1-7H3,(H,88,89)(H,90,91)/t74?,75?,76-,77-,78-/m1/s1. The molecule has 0 heterocycles. The number of aliphatic hydroxyl groups excluding tert-OH is 1. The lowest BCUT2D eigenvalue weighted by Gasteiger charge is -2.21. The van der Waals surface area contributed by atoms with Gasteiger partial charge in [0, 0.05) is 25.7 Å². The summed E-state index contributed by atoms with van der Waals surface area (Å²) in [7, 11) is -9.92. The van der Waals surface area contributed by atoms with E-state index in [0.717, 1.165) is 108 Å². The van der Waals surface area contributed by atoms with Crippen molar-refractivity contribution in [1.82, 2.24) is 0 Å². The average Bonchev–Trinajstić information content (AvgIpc) is 0.977. The SMILES string of the molecule is CCCCCCCCCCCCCC(=O)OC[C@H](COP(=O)(O)OC[C@H](O)COP(=O)(O)OC[C@@H](COC(=O)CCCCCCCCCCCCCCCCC(C)CC)OC(=O)CCCCCCCCCCCCCCCCCC(C)C)OC(=O)CCCCCCCCCCCCC(C)CC. The van der Waals surface area contributed by atoms with Crippen LogP contribution in [0, 0.1) is 17.8 Å². The van der Waals surface area contributed by atoms with Crippen LogP contribution in [0.15, 0.2) is 0 Å². The predicted octanol–water partition coefficient (Wildman–Crippen LogP) is 24.5. The summed E-state index contributed by atoms with van der Waals surface area (Å²) in [5.41, 5.74) is 0. The van der Waals surface area contributed by atoms with Crippen LogP contribution in [0.2, 0.25) is 0 Å². The number of phosphoric ester groups is 2. The Morgan fingerprint density at radius 2 is 0.505 bits per heavy atom. The molecule has 0 saturated heterocycles. The van der Waals surface area contributed by atoms with E-state index in [1.165, 1.54) is 238 Å². The highest BCUT2D eigenvalue weighted by molar-refractivity contribution is 7.47. The van der Waals surface area contributed by atoms with Crippen LogP contribution in [0.1, 0.15) is 427 Å². The minimum atomic E-state index is -4.96. The van der Waals surface area contributed by atoms with E-state index in [-0.39, 0.29) is 25.7 Å². The van der Waals surface area contributed by atoms with Gasteiger partial charge in [-0.25, -0.2) is 9.13 Å². The van der Waals surface area contributed by atoms with Crippen LogP contribution >= 0.6 is 15.6 Å². The van der Waals surface area contributed by atoms with E-state index in [4.69, 9.17) is 37.0 Å². The molecule has 0 aliphatic rings. The molecule has 0 aliphatic carbocycles. The lowest BCUT2D eigenvalue weighted by molar-refractivity contribution is -0.161. The van der Waals surface area contributed by atoms with Crippen molar-refractivity contribution in [2.75, 3.05) is 39.6 Å². The van der Waals surface area contributed by atoms with Gasteiger partial charge in [0.1, 0.15) is 19.3 Å². The zero-order valence-electron chi connectivity index (χ0n) is 66.4. The van der Waals surface area contributed by atoms with Gasteiger partial charge in [-0.15, -0.1) is 0 Å². The second-order valence-electron chi connectivity index (χ2n) is 30.5. The van der Waals surface area contributed by atoms with Crippen LogP contribution in [-0.4, -0.2) is 96.7 Å². The Balaban J connectivity index is 5.26. The van der Waals surface area contributed by atoms with Crippen LogP contribution in [0.4, 0.5) is 0 Å². The lowest BCUT2D eigenvalue weighted by atomic mass is 9.99. The van der Waals surface area contributed by atoms with Crippen molar-refractivity contribution in [3.05, 3.63) is 0 Å². The van der Waals surface area contributed by atoms with E-state index in [2.05, 4.69) is 48.5 Å². The van der Waals surface area contributed by atoms with Crippen molar-refractivity contribution in [1.29, 1.82) is 0 Å². The lowest BCUT2D eigenvalue weighted by Crippen LogP contribution is -2.30. The first-order chi connectivity index (χ1) is 48.8. The maximum absolute atomic E-state index is 13.1. The molecule has 4 unspecified atom stereocenters. The maximum Gasteiger partial charge on any atom is 0.472 e. The minimum absolute atomic E-state index is 0.106. The molecule has 19 heteroatoms. The Morgan fingerprint density at radius 3 is 0.752 bits per heavy atom. The fraction of sp³-hybridized carbons (Fsp3) is 0.951. The fourth-order valence-electron chi connectivity index (χ4n) is 12.6. The first-order valence-electron chi connectivity index (χ1n) is 42.4. The summed E-state index contributed by atoms with van der Waals surface area (Å²) in [5, 5.41) is 10.7. The number of esters is 4. The highest BCUT2D eigenvalue weighted by Crippen LogP contribution is 2.45. The van der Waals surface area contributed by atoms with Crippen molar-refractivity contribution in [2.45, 2.75) is 446 Å². The first-order valence-corrected chi connectivity index (χ1v) is 45.4. The number of rotatable bonds is 80. The summed E-state index contributed by atoms with van der Waals surface area (Å²) in [6, 6.07) is 0. The van der Waals surface area contributed by atoms with Crippen LogP contribution in [-0.2, 0) is 65.4 Å². The molecular weight excluding hydrogens is 1320 g/mol. The Kier molecular flexibility index (Phi) is 70.9. The third-order valence-corrected chi connectivity index (χ3v) is 21.8. The van der Waals surface area contributed by atoms with Crippen molar-refractivity contribution in [3.63, 3.8) is 0 Å². The molecule has 0 aromatic carbocycles. The fourth-order valence-corrected chi connectivity index (χ4v) is 14.2. The van der Waals surface area contributed by atoms with Gasteiger partial charge in [-0.1, -0.05) is 376 Å². The molecule has 600 valence electrons. The Hall–Kier alpha value is -1.94. The second-order valence-corrected chi connectivity index (χ2v) is 33.4. The van der Waals surface area contributed by atoms with Crippen molar-refractivity contribution in [2.24, 2.45) is 17.8 Å². The smallest absolute Gasteiger partial charge is 0.462 e. The van der Waals surface area contributed by atoms with E-state index >= 15 is 0 Å². The molecule has 0 spiro atoms. The van der Waals surface area contributed by atoms with Crippen LogP contribution in [0.25, 0.3) is 0 Å². The summed E-state index contributed by atoms with van der Waals surface area (Å²) in [6.07, 6.45) is 60.8. The summed E-state index contributed by atoms with van der Waals surface area (Å²) in [5.74, 6) is 0.347. The predicted molar refractivity (Wildman–Crippen MR) is 414 cm³/mol. The number of aliphatic hydroxyl groups is 1. The van der Waals surface area contributed by atoms with Gasteiger partial charge in [-0.3, -0.25) is 37.3 Å². The number of hydrogen-bond donors (Lipinski definition) is 3. The van der Waals surface area contributed by atoms with Gasteiger partial charge in [0.05, 0.1) is 26.4 Å². The second kappa shape index (κ2) is 72.3. The van der Waals surface area contributed by atoms with Crippen molar-refractivity contribution < 1.29 is 80.2 Å². The zero-order valence-corrected chi connectivity index (χ0v) is 68.2. The summed E-state index contributed by atoms with van der Waals surface area (Å²) in [6.45, 7) is 12.1. The molecule has 0 bridgehead atoms. The van der Waals surface area contributed by atoms with Gasteiger partial charge in [-0.05, 0) is 43.4 Å². The van der Waals surface area contributed by atoms with Gasteiger partial charge in [0.2, 0.25) is 0 Å². The molecule has 0 amide bonds. The molecule has 7 atom stereocenters. The number of carbonyl (C=O) groups excluding carboxylic acids is 4. The first kappa shape index (κ1) is 99.1. The molecule has 0 fully saturated rings. The van der Waals surface area contributed by atoms with E-state index in [0.29, 0.717) is 25.7 Å². The van der Waals surface area contributed by atoms with Crippen molar-refractivity contribution >= 4 is 39.5 Å². The van der Waals surface area contributed by atoms with E-state index < -0.39 is 97.5 Å². The summed E-state index contributed by atoms with van der Waals surface area (Å²) >= 11 is 0. The molecule has 0 saturated carbocycles. The normalized spacial score (nSPS) is 14.5. The number of unbranched alkanes of at least 4 members (excludes halogenated alkanes) is 46. The van der Waals surface area contributed by atoms with Crippen LogP contribution < -0.4 is 0 Å². The molecule has 3 N–H and O–H groups in total. The number of hydrogen-bond acceptors (Lipinski definition) is 15. The molecule has 0 aromatic rings. The van der Waals surface area contributed by atoms with Gasteiger partial charge < -0.3 is 33.8 Å². The molecule has 0 aliphatic heterocycles. The largest absolute Gasteiger partial charge is 0.472 e. The number of phosphoric acid groups is 2. The van der Waals surface area contributed by atoms with E-state index in [1.54, 1.807) is 0 Å². The van der Waals surface area contributed by atoms with E-state index in [9.17, 15) is 43.2 Å². The van der Waals surface area contributed by atoms with Gasteiger partial charge in [-0.2, -0.15) is 0 Å². The Labute approximate surface area is 619 Å². The molecule has 0 rings (SSSR count). The highest BCUT2D eigenvalue weighted by Gasteiger charge is 2.30. The monoisotopic (exact) mass is 1480 g/mol. The summed E-state index contributed by atoms with van der Waals surface area (Å²) < 4.78 is 68.8. The van der Waals surface area contributed by atoms with Crippen molar-refractivity contribution in [3.8, 4) is 0 Å². The molecular formula is C82H160O17P2. The molecule has 17 nitrogen and oxygen atoms in total. The zero-order chi connectivity index (χ0) is 74.4. The highest BCUT2D eigenvalue weighted by atomic mass is 31.2. The minimum Gasteiger partial charge on any atom is -0.462 e. The Morgan fingerprint density at radius 1 is 0.287 bits per heavy atom. The number of carbonyl (C=O) groups is 4. The summed E-state index contributed by atoms with van der Waals surface area (Å²) in [4.78, 5) is 73.1. The molecule has 0 aromatic heterocycles. The van der Waals surface area contributed by atoms with Gasteiger partial charge in [0.15, 0.2) is 12.2 Å². The molecule has 101 heavy (non-hydrogen) atoms. The Bertz CT molecular complexity index is 1960. The third kappa shape index (κ3) is 73.4. The quantitative estimate of drug-likeness (QED) is 0.0222. The maximum atomic E-state index is 13.1. The van der Waals surface area contributed by atoms with Crippen LogP contribution in [0.5, 0.6) is 0 Å². The molecule has 0 radical (unpaired) electrons. The van der Waals surface area contributed by atoms with Gasteiger partial charge in [0.25, 0.3) is 0 Å². The number of ether oxygens (including phenoxy) is 4.